The summed E-state index contributed by atoms with van der Waals surface area (Å²) in [6, 6.07) is 8.31. The molecule has 21 heavy (non-hydrogen) atoms. The molecular formula is C14H11N3O3S. The van der Waals surface area contributed by atoms with Gasteiger partial charge in [-0.2, -0.15) is 5.26 Å². The van der Waals surface area contributed by atoms with Gasteiger partial charge < -0.3 is 9.72 Å². The van der Waals surface area contributed by atoms with Crippen molar-refractivity contribution in [1.29, 1.82) is 5.26 Å². The highest BCUT2D eigenvalue weighted by Gasteiger charge is 2.13. The molecule has 1 heterocycles. The van der Waals surface area contributed by atoms with Crippen molar-refractivity contribution in [2.45, 2.75) is 12.1 Å². The Kier molecular flexibility index (Phi) is 4.40. The van der Waals surface area contributed by atoms with Gasteiger partial charge in [0, 0.05) is 12.5 Å². The molecule has 0 unspecified atom stereocenters. The van der Waals surface area contributed by atoms with Gasteiger partial charge in [-0.25, -0.2) is 4.98 Å². The second-order valence-corrected chi connectivity index (χ2v) is 4.82. The standard InChI is InChI=1S/C14H11N3O3S/c1-8(18)20-10-5-3-9(4-6-10)12-11(7-15)13(19)17-14(16-12)21-2/h3-6H,1-2H3,(H,16,17,19). The van der Waals surface area contributed by atoms with Crippen LogP contribution in [0, 0.1) is 11.3 Å². The second-order valence-electron chi connectivity index (χ2n) is 4.03. The van der Waals surface area contributed by atoms with Crippen molar-refractivity contribution in [3.8, 4) is 23.1 Å². The fourth-order valence-corrected chi connectivity index (χ4v) is 2.09. The van der Waals surface area contributed by atoms with Crippen molar-refractivity contribution in [2.24, 2.45) is 0 Å². The third-order valence-electron chi connectivity index (χ3n) is 2.59. The van der Waals surface area contributed by atoms with Crippen molar-refractivity contribution in [2.75, 3.05) is 6.26 Å². The van der Waals surface area contributed by atoms with Crippen LogP contribution in [-0.4, -0.2) is 22.2 Å². The van der Waals surface area contributed by atoms with E-state index in [1.807, 2.05) is 6.07 Å². The molecule has 1 aromatic carbocycles. The van der Waals surface area contributed by atoms with Gasteiger partial charge in [-0.3, -0.25) is 9.59 Å². The van der Waals surface area contributed by atoms with E-state index in [1.165, 1.54) is 18.7 Å². The van der Waals surface area contributed by atoms with Crippen LogP contribution in [0.25, 0.3) is 11.3 Å². The van der Waals surface area contributed by atoms with Crippen molar-refractivity contribution in [3.05, 3.63) is 40.2 Å². The lowest BCUT2D eigenvalue weighted by molar-refractivity contribution is -0.131. The number of ether oxygens (including phenoxy) is 1. The lowest BCUT2D eigenvalue weighted by Gasteiger charge is -2.06. The largest absolute Gasteiger partial charge is 0.427 e. The maximum atomic E-state index is 11.8. The minimum Gasteiger partial charge on any atom is -0.427 e. The van der Waals surface area contributed by atoms with Gasteiger partial charge in [0.2, 0.25) is 0 Å². The number of aromatic amines is 1. The first-order valence-electron chi connectivity index (χ1n) is 5.92. The van der Waals surface area contributed by atoms with Gasteiger partial charge in [0.15, 0.2) is 5.16 Å². The van der Waals surface area contributed by atoms with E-state index in [0.717, 1.165) is 0 Å². The summed E-state index contributed by atoms with van der Waals surface area (Å²) < 4.78 is 4.93. The smallest absolute Gasteiger partial charge is 0.308 e. The Balaban J connectivity index is 2.51. The van der Waals surface area contributed by atoms with Crippen molar-refractivity contribution < 1.29 is 9.53 Å². The molecule has 0 amide bonds. The van der Waals surface area contributed by atoms with Crippen LogP contribution < -0.4 is 10.3 Å². The molecule has 1 aromatic heterocycles. The van der Waals surface area contributed by atoms with Crippen LogP contribution >= 0.6 is 11.8 Å². The van der Waals surface area contributed by atoms with Crippen LogP contribution in [0.4, 0.5) is 0 Å². The summed E-state index contributed by atoms with van der Waals surface area (Å²) in [6.07, 6.45) is 1.78. The van der Waals surface area contributed by atoms with Gasteiger partial charge in [0.25, 0.3) is 5.56 Å². The highest BCUT2D eigenvalue weighted by molar-refractivity contribution is 7.98. The van der Waals surface area contributed by atoms with Crippen LogP contribution in [0.5, 0.6) is 5.75 Å². The van der Waals surface area contributed by atoms with Crippen LogP contribution in [0.3, 0.4) is 0 Å². The summed E-state index contributed by atoms with van der Waals surface area (Å²) in [4.78, 5) is 29.5. The third kappa shape index (κ3) is 3.30. The zero-order valence-electron chi connectivity index (χ0n) is 11.3. The molecule has 6 nitrogen and oxygen atoms in total. The molecule has 0 bridgehead atoms. The number of hydrogen-bond donors (Lipinski definition) is 1. The zero-order valence-corrected chi connectivity index (χ0v) is 12.2. The molecule has 0 spiro atoms. The molecule has 0 saturated heterocycles. The normalized spacial score (nSPS) is 9.95. The predicted octanol–water partition coefficient (Wildman–Crippen LogP) is 1.96. The van der Waals surface area contributed by atoms with Gasteiger partial charge in [-0.05, 0) is 30.5 Å². The molecule has 106 valence electrons. The summed E-state index contributed by atoms with van der Waals surface area (Å²) in [5.74, 6) is -0.0286. The first kappa shape index (κ1) is 14.8. The number of nitriles is 1. The Morgan fingerprint density at radius 3 is 2.57 bits per heavy atom. The Morgan fingerprint density at radius 1 is 1.38 bits per heavy atom. The quantitative estimate of drug-likeness (QED) is 0.403. The average molecular weight is 301 g/mol. The van der Waals surface area contributed by atoms with Crippen LogP contribution in [0.15, 0.2) is 34.2 Å². The number of H-pyrrole nitrogens is 1. The molecule has 0 fully saturated rings. The number of rotatable bonds is 3. The summed E-state index contributed by atoms with van der Waals surface area (Å²) in [5, 5.41) is 9.54. The van der Waals surface area contributed by atoms with Crippen molar-refractivity contribution in [3.63, 3.8) is 0 Å². The number of nitrogens with one attached hydrogen (secondary N) is 1. The SMILES string of the molecule is CSc1nc(-c2ccc(OC(C)=O)cc2)c(C#N)c(=O)[nH]1. The van der Waals surface area contributed by atoms with Gasteiger partial charge in [0.1, 0.15) is 17.4 Å². The number of carbonyl (C=O) groups is 1. The summed E-state index contributed by atoms with van der Waals surface area (Å²) in [6.45, 7) is 1.31. The van der Waals surface area contributed by atoms with E-state index in [-0.39, 0.29) is 5.56 Å². The number of esters is 1. The lowest BCUT2D eigenvalue weighted by Crippen LogP contribution is -2.14. The maximum absolute atomic E-state index is 11.8. The Labute approximate surface area is 124 Å². The fraction of sp³-hybridized carbons (Fsp3) is 0.143. The molecule has 0 atom stereocenters. The topological polar surface area (TPSA) is 95.8 Å². The summed E-state index contributed by atoms with van der Waals surface area (Å²) in [5.41, 5.74) is 0.382. The molecule has 0 saturated carbocycles. The van der Waals surface area contributed by atoms with Crippen LogP contribution in [0.2, 0.25) is 0 Å². The average Bonchev–Trinajstić information content (AvgIpc) is 2.46. The van der Waals surface area contributed by atoms with Gasteiger partial charge in [-0.1, -0.05) is 11.8 Å². The molecule has 0 aliphatic carbocycles. The molecule has 0 aliphatic heterocycles. The molecule has 2 rings (SSSR count). The second kappa shape index (κ2) is 6.24. The molecule has 1 N–H and O–H groups in total. The molecule has 7 heteroatoms. The van der Waals surface area contributed by atoms with Crippen LogP contribution in [0.1, 0.15) is 12.5 Å². The van der Waals surface area contributed by atoms with Crippen LogP contribution in [-0.2, 0) is 4.79 Å². The monoisotopic (exact) mass is 301 g/mol. The number of thioether (sulfide) groups is 1. The minimum absolute atomic E-state index is 0.0481. The van der Waals surface area contributed by atoms with E-state index in [4.69, 9.17) is 10.00 Å². The molecule has 2 aromatic rings. The number of benzene rings is 1. The van der Waals surface area contributed by atoms with E-state index >= 15 is 0 Å². The van der Waals surface area contributed by atoms with E-state index in [9.17, 15) is 9.59 Å². The van der Waals surface area contributed by atoms with Gasteiger partial charge in [-0.15, -0.1) is 0 Å². The van der Waals surface area contributed by atoms with E-state index in [1.54, 1.807) is 30.5 Å². The lowest BCUT2D eigenvalue weighted by atomic mass is 10.1. The highest BCUT2D eigenvalue weighted by atomic mass is 32.2. The van der Waals surface area contributed by atoms with Crippen molar-refractivity contribution >= 4 is 17.7 Å². The maximum Gasteiger partial charge on any atom is 0.308 e. The molecule has 0 radical (unpaired) electrons. The van der Waals surface area contributed by atoms with E-state index in [0.29, 0.717) is 22.2 Å². The Bertz CT molecular complexity index is 776. The first-order chi connectivity index (χ1) is 10.0. The zero-order chi connectivity index (χ0) is 15.4. The highest BCUT2D eigenvalue weighted by Crippen LogP contribution is 2.23. The summed E-state index contributed by atoms with van der Waals surface area (Å²) >= 11 is 1.28. The summed E-state index contributed by atoms with van der Waals surface area (Å²) in [7, 11) is 0. The van der Waals surface area contributed by atoms with Gasteiger partial charge in [0.05, 0.1) is 5.69 Å². The number of aromatic nitrogens is 2. The number of hydrogen-bond acceptors (Lipinski definition) is 6. The number of nitrogens with zero attached hydrogens (tertiary/aromatic N) is 2. The fourth-order valence-electron chi connectivity index (χ4n) is 1.71. The van der Waals surface area contributed by atoms with Gasteiger partial charge >= 0.3 is 5.97 Å². The molecular weight excluding hydrogens is 290 g/mol. The Morgan fingerprint density at radius 2 is 2.05 bits per heavy atom. The van der Waals surface area contributed by atoms with E-state index in [2.05, 4.69) is 9.97 Å². The number of carbonyl (C=O) groups excluding carboxylic acids is 1. The minimum atomic E-state index is -0.476. The predicted molar refractivity (Wildman–Crippen MR) is 78.1 cm³/mol. The molecule has 0 aliphatic rings. The van der Waals surface area contributed by atoms with Crippen molar-refractivity contribution in [1.82, 2.24) is 9.97 Å². The van der Waals surface area contributed by atoms with E-state index < -0.39 is 11.5 Å². The first-order valence-corrected chi connectivity index (χ1v) is 7.15. The third-order valence-corrected chi connectivity index (χ3v) is 3.17. The Hall–Kier alpha value is -2.59.